The summed E-state index contributed by atoms with van der Waals surface area (Å²) in [5, 5.41) is 3.32. The summed E-state index contributed by atoms with van der Waals surface area (Å²) in [4.78, 5) is 16.5. The molecule has 1 aliphatic rings. The van der Waals surface area contributed by atoms with Gasteiger partial charge in [0.25, 0.3) is 0 Å². The van der Waals surface area contributed by atoms with Gasteiger partial charge < -0.3 is 15.1 Å². The van der Waals surface area contributed by atoms with Crippen LogP contribution in [0.3, 0.4) is 0 Å². The van der Waals surface area contributed by atoms with Crippen LogP contribution >= 0.6 is 0 Å². The summed E-state index contributed by atoms with van der Waals surface area (Å²) in [6, 6.07) is 10.4. The molecule has 0 saturated carbocycles. The minimum Gasteiger partial charge on any atom is -0.339 e. The molecular weight excluding hydrogens is 250 g/mol. The molecule has 0 spiro atoms. The van der Waals surface area contributed by atoms with Crippen molar-refractivity contribution >= 4 is 5.91 Å². The summed E-state index contributed by atoms with van der Waals surface area (Å²) in [5.41, 5.74) is 1.22. The summed E-state index contributed by atoms with van der Waals surface area (Å²) < 4.78 is 0. The number of piperazine rings is 1. The minimum absolute atomic E-state index is 0.206. The van der Waals surface area contributed by atoms with Gasteiger partial charge in [0.05, 0.1) is 6.54 Å². The zero-order chi connectivity index (χ0) is 14.4. The molecule has 4 heteroatoms. The molecule has 1 atom stereocenters. The Balaban J connectivity index is 1.75. The first-order valence-electron chi connectivity index (χ1n) is 7.49. The van der Waals surface area contributed by atoms with Gasteiger partial charge in [-0.15, -0.1) is 0 Å². The Bertz CT molecular complexity index is 413. The number of carbonyl (C=O) groups excluding carboxylic acids is 1. The third-order valence-electron chi connectivity index (χ3n) is 4.03. The minimum atomic E-state index is 0.206. The lowest BCUT2D eigenvalue weighted by Crippen LogP contribution is -2.50. The third-order valence-corrected chi connectivity index (χ3v) is 4.03. The first-order valence-corrected chi connectivity index (χ1v) is 7.49. The van der Waals surface area contributed by atoms with Crippen molar-refractivity contribution in [1.29, 1.82) is 0 Å². The second-order valence-corrected chi connectivity index (χ2v) is 5.33. The van der Waals surface area contributed by atoms with Gasteiger partial charge >= 0.3 is 0 Å². The summed E-state index contributed by atoms with van der Waals surface area (Å²) in [5.74, 6) is 0.212. The fourth-order valence-corrected chi connectivity index (χ4v) is 2.53. The number of likely N-dealkylation sites (N-methyl/N-ethyl adjacent to an activating group) is 1. The van der Waals surface area contributed by atoms with Crippen LogP contribution in [0.15, 0.2) is 30.3 Å². The Morgan fingerprint density at radius 1 is 1.20 bits per heavy atom. The van der Waals surface area contributed by atoms with Gasteiger partial charge in [-0.05, 0) is 19.0 Å². The number of nitrogens with zero attached hydrogens (tertiary/aromatic N) is 2. The highest BCUT2D eigenvalue weighted by Gasteiger charge is 2.20. The average molecular weight is 275 g/mol. The van der Waals surface area contributed by atoms with E-state index in [-0.39, 0.29) is 11.9 Å². The first-order chi connectivity index (χ1) is 9.70. The van der Waals surface area contributed by atoms with Gasteiger partial charge in [-0.25, -0.2) is 0 Å². The van der Waals surface area contributed by atoms with Gasteiger partial charge in [0.1, 0.15) is 0 Å². The normalized spacial score (nSPS) is 18.0. The molecule has 0 aliphatic carbocycles. The van der Waals surface area contributed by atoms with Gasteiger partial charge in [0.2, 0.25) is 5.91 Å². The predicted molar refractivity (Wildman–Crippen MR) is 81.6 cm³/mol. The molecule has 1 amide bonds. The standard InChI is InChI=1S/C16H25N3O/c1-3-18-9-11-19(12-10-18)16(20)13-17-14(2)15-7-5-4-6-8-15/h4-8,14,17H,3,9-13H2,1-2H3. The lowest BCUT2D eigenvalue weighted by atomic mass is 10.1. The van der Waals surface area contributed by atoms with Crippen LogP contribution in [-0.2, 0) is 4.79 Å². The maximum Gasteiger partial charge on any atom is 0.236 e. The zero-order valence-corrected chi connectivity index (χ0v) is 12.5. The van der Waals surface area contributed by atoms with Crippen molar-refractivity contribution in [2.24, 2.45) is 0 Å². The maximum atomic E-state index is 12.2. The largest absolute Gasteiger partial charge is 0.339 e. The first kappa shape index (κ1) is 15.0. The Morgan fingerprint density at radius 2 is 1.85 bits per heavy atom. The van der Waals surface area contributed by atoms with Crippen molar-refractivity contribution in [2.45, 2.75) is 19.9 Å². The van der Waals surface area contributed by atoms with Crippen LogP contribution in [-0.4, -0.2) is 55.0 Å². The van der Waals surface area contributed by atoms with Crippen LogP contribution in [0, 0.1) is 0 Å². The summed E-state index contributed by atoms with van der Waals surface area (Å²) >= 11 is 0. The number of hydrogen-bond donors (Lipinski definition) is 1. The molecule has 1 N–H and O–H groups in total. The van der Waals surface area contributed by atoms with Crippen molar-refractivity contribution in [3.8, 4) is 0 Å². The van der Waals surface area contributed by atoms with Crippen LogP contribution in [0.1, 0.15) is 25.5 Å². The van der Waals surface area contributed by atoms with Crippen LogP contribution in [0.2, 0.25) is 0 Å². The Morgan fingerprint density at radius 3 is 2.45 bits per heavy atom. The molecule has 1 heterocycles. The molecule has 4 nitrogen and oxygen atoms in total. The fraction of sp³-hybridized carbons (Fsp3) is 0.562. The van der Waals surface area contributed by atoms with Crippen molar-refractivity contribution in [2.75, 3.05) is 39.3 Å². The van der Waals surface area contributed by atoms with E-state index in [4.69, 9.17) is 0 Å². The zero-order valence-electron chi connectivity index (χ0n) is 12.5. The number of amides is 1. The molecule has 0 aromatic heterocycles. The quantitative estimate of drug-likeness (QED) is 0.884. The average Bonchev–Trinajstić information content (AvgIpc) is 2.53. The number of hydrogen-bond acceptors (Lipinski definition) is 3. The van der Waals surface area contributed by atoms with Gasteiger partial charge in [0, 0.05) is 32.2 Å². The van der Waals surface area contributed by atoms with E-state index in [1.54, 1.807) is 0 Å². The van der Waals surface area contributed by atoms with E-state index in [1.165, 1.54) is 5.56 Å². The van der Waals surface area contributed by atoms with Crippen molar-refractivity contribution in [3.05, 3.63) is 35.9 Å². The maximum absolute atomic E-state index is 12.2. The van der Waals surface area contributed by atoms with E-state index < -0.39 is 0 Å². The lowest BCUT2D eigenvalue weighted by molar-refractivity contribution is -0.132. The van der Waals surface area contributed by atoms with Gasteiger partial charge in [0.15, 0.2) is 0 Å². The lowest BCUT2D eigenvalue weighted by Gasteiger charge is -2.34. The fourth-order valence-electron chi connectivity index (χ4n) is 2.53. The van der Waals surface area contributed by atoms with E-state index in [9.17, 15) is 4.79 Å². The number of carbonyl (C=O) groups is 1. The van der Waals surface area contributed by atoms with Gasteiger partial charge in [-0.2, -0.15) is 0 Å². The summed E-state index contributed by atoms with van der Waals surface area (Å²) in [6.07, 6.45) is 0. The number of rotatable bonds is 5. The predicted octanol–water partition coefficient (Wildman–Crippen LogP) is 1.50. The second kappa shape index (κ2) is 7.41. The van der Waals surface area contributed by atoms with E-state index >= 15 is 0 Å². The Kier molecular flexibility index (Phi) is 5.56. The smallest absolute Gasteiger partial charge is 0.236 e. The molecule has 0 bridgehead atoms. The molecule has 1 aromatic rings. The monoisotopic (exact) mass is 275 g/mol. The molecule has 1 aliphatic heterocycles. The van der Waals surface area contributed by atoms with Crippen LogP contribution in [0.5, 0.6) is 0 Å². The van der Waals surface area contributed by atoms with Gasteiger partial charge in [-0.3, -0.25) is 4.79 Å². The molecule has 2 rings (SSSR count). The third kappa shape index (κ3) is 4.05. The molecular formula is C16H25N3O. The molecule has 1 fully saturated rings. The summed E-state index contributed by atoms with van der Waals surface area (Å²) in [7, 11) is 0. The van der Waals surface area contributed by atoms with Crippen LogP contribution in [0.4, 0.5) is 0 Å². The summed E-state index contributed by atoms with van der Waals surface area (Å²) in [6.45, 7) is 9.46. The molecule has 1 aromatic carbocycles. The topological polar surface area (TPSA) is 35.6 Å². The van der Waals surface area contributed by atoms with Crippen LogP contribution in [0.25, 0.3) is 0 Å². The Hall–Kier alpha value is -1.39. The van der Waals surface area contributed by atoms with Crippen LogP contribution < -0.4 is 5.32 Å². The molecule has 1 unspecified atom stereocenters. The molecule has 1 saturated heterocycles. The van der Waals surface area contributed by atoms with Gasteiger partial charge in [-0.1, -0.05) is 37.3 Å². The van der Waals surface area contributed by atoms with E-state index in [0.29, 0.717) is 6.54 Å². The molecule has 20 heavy (non-hydrogen) atoms. The highest BCUT2D eigenvalue weighted by molar-refractivity contribution is 5.78. The molecule has 0 radical (unpaired) electrons. The Labute approximate surface area is 121 Å². The highest BCUT2D eigenvalue weighted by Crippen LogP contribution is 2.10. The number of benzene rings is 1. The molecule has 110 valence electrons. The van der Waals surface area contributed by atoms with E-state index in [2.05, 4.69) is 36.2 Å². The second-order valence-electron chi connectivity index (χ2n) is 5.33. The highest BCUT2D eigenvalue weighted by atomic mass is 16.2. The number of nitrogens with one attached hydrogen (secondary N) is 1. The van der Waals surface area contributed by atoms with E-state index in [1.807, 2.05) is 23.1 Å². The van der Waals surface area contributed by atoms with Crippen molar-refractivity contribution in [3.63, 3.8) is 0 Å². The van der Waals surface area contributed by atoms with Crippen molar-refractivity contribution < 1.29 is 4.79 Å². The van der Waals surface area contributed by atoms with Crippen molar-refractivity contribution in [1.82, 2.24) is 15.1 Å². The SMILES string of the molecule is CCN1CCN(C(=O)CNC(C)c2ccccc2)CC1. The van der Waals surface area contributed by atoms with E-state index in [0.717, 1.165) is 32.7 Å².